The summed E-state index contributed by atoms with van der Waals surface area (Å²) in [6.07, 6.45) is 3.73. The maximum absolute atomic E-state index is 12.2. The molecule has 0 bridgehead atoms. The van der Waals surface area contributed by atoms with Gasteiger partial charge < -0.3 is 19.4 Å². The van der Waals surface area contributed by atoms with E-state index in [0.29, 0.717) is 40.0 Å². The number of furan rings is 1. The molecule has 1 fully saturated rings. The Hall–Kier alpha value is -4.44. The first-order valence-corrected chi connectivity index (χ1v) is 12.7. The summed E-state index contributed by atoms with van der Waals surface area (Å²) in [5.74, 6) is 1.89. The molecule has 2 aromatic heterocycles. The van der Waals surface area contributed by atoms with E-state index in [1.165, 1.54) is 6.21 Å². The number of nitrogens with zero attached hydrogens (tertiary/aromatic N) is 5. The van der Waals surface area contributed by atoms with Crippen LogP contribution in [0.25, 0.3) is 11.3 Å². The lowest BCUT2D eigenvalue weighted by atomic mass is 10.1. The lowest BCUT2D eigenvalue weighted by Crippen LogP contribution is -2.21. The van der Waals surface area contributed by atoms with Gasteiger partial charge >= 0.3 is 5.97 Å². The Kier molecular flexibility index (Phi) is 7.79. The van der Waals surface area contributed by atoms with Gasteiger partial charge in [0, 0.05) is 24.3 Å². The standard InChI is InChI=1S/C27H26ClN7O3/c1-2-37-24(36)21-16-18(10-12-22(21)28)23-13-11-20(38-23)17-29-34-26-31-25(30-19-8-4-3-5-9-19)32-27(33-26)35-14-6-7-15-35/h3-5,8-13,16-17H,2,6-7,14-15H2,1H3,(H2,30,31,32,33,34)/b29-17-. The summed E-state index contributed by atoms with van der Waals surface area (Å²) in [6.45, 7) is 3.80. The zero-order chi connectivity index (χ0) is 26.3. The van der Waals surface area contributed by atoms with Crippen LogP contribution in [-0.2, 0) is 4.74 Å². The molecule has 1 saturated heterocycles. The summed E-state index contributed by atoms with van der Waals surface area (Å²) in [4.78, 5) is 27.9. The molecule has 5 rings (SSSR count). The third-order valence-electron chi connectivity index (χ3n) is 5.77. The lowest BCUT2D eigenvalue weighted by Gasteiger charge is -2.16. The van der Waals surface area contributed by atoms with Gasteiger partial charge in [0.1, 0.15) is 11.5 Å². The topological polar surface area (TPSA) is 118 Å². The highest BCUT2D eigenvalue weighted by Crippen LogP contribution is 2.27. The molecule has 2 aromatic carbocycles. The van der Waals surface area contributed by atoms with E-state index in [2.05, 4.69) is 35.7 Å². The van der Waals surface area contributed by atoms with E-state index in [1.54, 1.807) is 37.3 Å². The Balaban J connectivity index is 1.32. The number of carbonyl (C=O) groups excluding carboxylic acids is 1. The number of para-hydroxylation sites is 1. The van der Waals surface area contributed by atoms with Gasteiger partial charge in [-0.3, -0.25) is 0 Å². The molecule has 0 aliphatic carbocycles. The van der Waals surface area contributed by atoms with E-state index in [4.69, 9.17) is 20.8 Å². The molecular weight excluding hydrogens is 506 g/mol. The van der Waals surface area contributed by atoms with E-state index in [1.807, 2.05) is 30.3 Å². The molecule has 0 atom stereocenters. The molecule has 38 heavy (non-hydrogen) atoms. The van der Waals surface area contributed by atoms with Crippen LogP contribution in [0, 0.1) is 0 Å². The number of esters is 1. The summed E-state index contributed by atoms with van der Waals surface area (Å²) in [7, 11) is 0. The highest BCUT2D eigenvalue weighted by Gasteiger charge is 2.18. The summed E-state index contributed by atoms with van der Waals surface area (Å²) in [5.41, 5.74) is 4.72. The van der Waals surface area contributed by atoms with Crippen molar-refractivity contribution in [2.45, 2.75) is 19.8 Å². The average molecular weight is 532 g/mol. The minimum atomic E-state index is -0.483. The zero-order valence-electron chi connectivity index (χ0n) is 20.7. The first-order chi connectivity index (χ1) is 18.6. The van der Waals surface area contributed by atoms with Crippen molar-refractivity contribution in [1.82, 2.24) is 15.0 Å². The second-order valence-electron chi connectivity index (χ2n) is 8.45. The highest BCUT2D eigenvalue weighted by atomic mass is 35.5. The van der Waals surface area contributed by atoms with Crippen molar-refractivity contribution in [3.63, 3.8) is 0 Å². The Morgan fingerprint density at radius 3 is 2.66 bits per heavy atom. The summed E-state index contributed by atoms with van der Waals surface area (Å²) in [6, 6.07) is 18.3. The molecule has 10 nitrogen and oxygen atoms in total. The first kappa shape index (κ1) is 25.2. The van der Waals surface area contributed by atoms with Crippen LogP contribution in [0.3, 0.4) is 0 Å². The largest absolute Gasteiger partial charge is 0.462 e. The van der Waals surface area contributed by atoms with Crippen molar-refractivity contribution in [2.75, 3.05) is 35.3 Å². The number of ether oxygens (including phenoxy) is 1. The number of carbonyl (C=O) groups is 1. The van der Waals surface area contributed by atoms with Gasteiger partial charge in [0.05, 0.1) is 23.4 Å². The molecule has 0 radical (unpaired) electrons. The number of nitrogens with one attached hydrogen (secondary N) is 2. The molecule has 11 heteroatoms. The summed E-state index contributed by atoms with van der Waals surface area (Å²) in [5, 5.41) is 7.79. The zero-order valence-corrected chi connectivity index (χ0v) is 21.5. The second-order valence-corrected chi connectivity index (χ2v) is 8.86. The molecule has 2 N–H and O–H groups in total. The number of anilines is 4. The molecule has 3 heterocycles. The van der Waals surface area contributed by atoms with Gasteiger partial charge in [0.2, 0.25) is 17.8 Å². The van der Waals surface area contributed by atoms with Crippen molar-refractivity contribution in [2.24, 2.45) is 5.10 Å². The summed E-state index contributed by atoms with van der Waals surface area (Å²) < 4.78 is 11.0. The van der Waals surface area contributed by atoms with Crippen LogP contribution in [0.1, 0.15) is 35.9 Å². The van der Waals surface area contributed by atoms with Crippen LogP contribution in [-0.4, -0.2) is 46.8 Å². The number of hydrogen-bond acceptors (Lipinski definition) is 10. The number of aromatic nitrogens is 3. The van der Waals surface area contributed by atoms with E-state index >= 15 is 0 Å². The average Bonchev–Trinajstić information content (AvgIpc) is 3.63. The fourth-order valence-electron chi connectivity index (χ4n) is 3.95. The monoisotopic (exact) mass is 531 g/mol. The minimum absolute atomic E-state index is 0.262. The Morgan fingerprint density at radius 2 is 1.87 bits per heavy atom. The van der Waals surface area contributed by atoms with Crippen molar-refractivity contribution in [3.8, 4) is 11.3 Å². The van der Waals surface area contributed by atoms with Crippen molar-refractivity contribution >= 4 is 47.3 Å². The molecular formula is C27H26ClN7O3. The highest BCUT2D eigenvalue weighted by molar-refractivity contribution is 6.33. The molecule has 0 spiro atoms. The van der Waals surface area contributed by atoms with Crippen molar-refractivity contribution < 1.29 is 13.9 Å². The molecule has 1 aliphatic heterocycles. The van der Waals surface area contributed by atoms with E-state index < -0.39 is 5.97 Å². The first-order valence-electron chi connectivity index (χ1n) is 12.3. The van der Waals surface area contributed by atoms with Gasteiger partial charge in [-0.25, -0.2) is 10.2 Å². The Bertz CT molecular complexity index is 1440. The SMILES string of the molecule is CCOC(=O)c1cc(-c2ccc(/C=N\Nc3nc(Nc4ccccc4)nc(N4CCCC4)n3)o2)ccc1Cl. The maximum atomic E-state index is 12.2. The van der Waals surface area contributed by atoms with Gasteiger partial charge in [0.25, 0.3) is 0 Å². The fraction of sp³-hybridized carbons (Fsp3) is 0.222. The van der Waals surface area contributed by atoms with Crippen LogP contribution >= 0.6 is 11.6 Å². The molecule has 0 unspecified atom stereocenters. The van der Waals surface area contributed by atoms with Crippen LogP contribution in [0.2, 0.25) is 5.02 Å². The van der Waals surface area contributed by atoms with Gasteiger partial charge in [-0.05, 0) is 62.2 Å². The van der Waals surface area contributed by atoms with Gasteiger partial charge in [-0.15, -0.1) is 0 Å². The number of benzene rings is 2. The minimum Gasteiger partial charge on any atom is -0.462 e. The van der Waals surface area contributed by atoms with Gasteiger partial charge in [-0.2, -0.15) is 20.1 Å². The number of hydrogen-bond donors (Lipinski definition) is 2. The Morgan fingerprint density at radius 1 is 1.08 bits per heavy atom. The predicted molar refractivity (Wildman–Crippen MR) is 147 cm³/mol. The molecule has 4 aromatic rings. The molecule has 0 amide bonds. The fourth-order valence-corrected chi connectivity index (χ4v) is 4.15. The maximum Gasteiger partial charge on any atom is 0.339 e. The third kappa shape index (κ3) is 6.09. The van der Waals surface area contributed by atoms with Crippen LogP contribution < -0.4 is 15.6 Å². The quantitative estimate of drug-likeness (QED) is 0.158. The Labute approximate surface area is 224 Å². The molecule has 194 valence electrons. The van der Waals surface area contributed by atoms with E-state index in [9.17, 15) is 4.79 Å². The van der Waals surface area contributed by atoms with E-state index in [0.717, 1.165) is 31.6 Å². The number of hydrazone groups is 1. The second kappa shape index (κ2) is 11.7. The molecule has 1 aliphatic rings. The van der Waals surface area contributed by atoms with Crippen molar-refractivity contribution in [1.29, 1.82) is 0 Å². The molecule has 0 saturated carbocycles. The van der Waals surface area contributed by atoms with Gasteiger partial charge in [-0.1, -0.05) is 29.8 Å². The van der Waals surface area contributed by atoms with Gasteiger partial charge in [0.15, 0.2) is 0 Å². The van der Waals surface area contributed by atoms with Crippen LogP contribution in [0.15, 0.2) is 70.2 Å². The number of rotatable bonds is 9. The van der Waals surface area contributed by atoms with Crippen molar-refractivity contribution in [3.05, 3.63) is 77.0 Å². The van der Waals surface area contributed by atoms with Crippen LogP contribution in [0.4, 0.5) is 23.5 Å². The van der Waals surface area contributed by atoms with Crippen LogP contribution in [0.5, 0.6) is 0 Å². The summed E-state index contributed by atoms with van der Waals surface area (Å²) >= 11 is 6.17. The third-order valence-corrected chi connectivity index (χ3v) is 6.10. The predicted octanol–water partition coefficient (Wildman–Crippen LogP) is 5.75. The van der Waals surface area contributed by atoms with E-state index in [-0.39, 0.29) is 12.2 Å². The lowest BCUT2D eigenvalue weighted by molar-refractivity contribution is 0.0526. The smallest absolute Gasteiger partial charge is 0.339 e. The number of halogens is 1. The normalized spacial score (nSPS) is 13.2.